The van der Waals surface area contributed by atoms with Crippen molar-refractivity contribution in [2.45, 2.75) is 25.8 Å². The maximum atomic E-state index is 6.18. The SMILES string of the molecule is CN=C(NCCc1csc(N2CCCC2)n1)NCc1ccccc1Cl.I. The maximum absolute atomic E-state index is 6.18. The molecule has 5 nitrogen and oxygen atoms in total. The van der Waals surface area contributed by atoms with Crippen molar-refractivity contribution in [3.8, 4) is 0 Å². The molecular weight excluding hydrogens is 481 g/mol. The summed E-state index contributed by atoms with van der Waals surface area (Å²) in [5.41, 5.74) is 2.20. The lowest BCUT2D eigenvalue weighted by Gasteiger charge is -2.13. The molecule has 3 rings (SSSR count). The zero-order valence-electron chi connectivity index (χ0n) is 14.9. The standard InChI is InChI=1S/C18H24ClN5S.HI/c1-20-17(22-12-14-6-2-3-7-16(14)19)21-9-8-15-13-25-18(23-15)24-10-4-5-11-24;/h2-3,6-7,13H,4-5,8-12H2,1H3,(H2,20,21,22);1H. The third-order valence-corrected chi connectivity index (χ3v) is 5.54. The first-order valence-electron chi connectivity index (χ1n) is 8.63. The summed E-state index contributed by atoms with van der Waals surface area (Å²) in [5, 5.41) is 10.7. The first kappa shape index (κ1) is 21.2. The Morgan fingerprint density at radius 3 is 2.77 bits per heavy atom. The number of guanidine groups is 1. The molecule has 1 aromatic heterocycles. The van der Waals surface area contributed by atoms with Gasteiger partial charge in [-0.3, -0.25) is 4.99 Å². The van der Waals surface area contributed by atoms with Gasteiger partial charge >= 0.3 is 0 Å². The molecule has 8 heteroatoms. The van der Waals surface area contributed by atoms with Crippen LogP contribution in [-0.2, 0) is 13.0 Å². The van der Waals surface area contributed by atoms with Crippen molar-refractivity contribution in [2.24, 2.45) is 4.99 Å². The Kier molecular flexibility index (Phi) is 8.94. The average Bonchev–Trinajstić information content (AvgIpc) is 3.30. The van der Waals surface area contributed by atoms with Crippen molar-refractivity contribution < 1.29 is 0 Å². The average molecular weight is 506 g/mol. The second kappa shape index (κ2) is 10.9. The summed E-state index contributed by atoms with van der Waals surface area (Å²) in [5.74, 6) is 0.773. The van der Waals surface area contributed by atoms with Crippen molar-refractivity contribution in [2.75, 3.05) is 31.6 Å². The summed E-state index contributed by atoms with van der Waals surface area (Å²) in [6.07, 6.45) is 3.45. The number of benzene rings is 1. The van der Waals surface area contributed by atoms with Crippen molar-refractivity contribution >= 4 is 58.0 Å². The molecule has 142 valence electrons. The summed E-state index contributed by atoms with van der Waals surface area (Å²) in [6, 6.07) is 7.83. The molecular formula is C18H25ClIN5S. The molecule has 0 spiro atoms. The predicted octanol–water partition coefficient (Wildman–Crippen LogP) is 3.92. The zero-order chi connectivity index (χ0) is 17.5. The van der Waals surface area contributed by atoms with E-state index in [2.05, 4.69) is 25.9 Å². The van der Waals surface area contributed by atoms with Crippen molar-refractivity contribution in [1.29, 1.82) is 0 Å². The molecule has 0 aliphatic carbocycles. The topological polar surface area (TPSA) is 52.6 Å². The van der Waals surface area contributed by atoms with Gasteiger partial charge in [0.1, 0.15) is 0 Å². The molecule has 0 atom stereocenters. The van der Waals surface area contributed by atoms with Crippen LogP contribution >= 0.6 is 46.9 Å². The van der Waals surface area contributed by atoms with E-state index in [-0.39, 0.29) is 24.0 Å². The second-order valence-corrected chi connectivity index (χ2v) is 7.25. The number of anilines is 1. The van der Waals surface area contributed by atoms with E-state index in [1.54, 1.807) is 18.4 Å². The fourth-order valence-corrected chi connectivity index (χ4v) is 3.93. The van der Waals surface area contributed by atoms with E-state index >= 15 is 0 Å². The summed E-state index contributed by atoms with van der Waals surface area (Å²) in [6.45, 7) is 3.73. The highest BCUT2D eigenvalue weighted by Crippen LogP contribution is 2.24. The minimum absolute atomic E-state index is 0. The molecule has 1 aromatic carbocycles. The minimum atomic E-state index is 0. The fraction of sp³-hybridized carbons (Fsp3) is 0.444. The lowest BCUT2D eigenvalue weighted by Crippen LogP contribution is -2.37. The summed E-state index contributed by atoms with van der Waals surface area (Å²) in [4.78, 5) is 11.4. The van der Waals surface area contributed by atoms with Crippen LogP contribution in [0.1, 0.15) is 24.1 Å². The van der Waals surface area contributed by atoms with Crippen LogP contribution in [-0.4, -0.2) is 37.6 Å². The molecule has 2 aromatic rings. The number of thiazole rings is 1. The Bertz CT molecular complexity index is 715. The highest BCUT2D eigenvalue weighted by molar-refractivity contribution is 14.0. The molecule has 2 N–H and O–H groups in total. The second-order valence-electron chi connectivity index (χ2n) is 6.01. The zero-order valence-corrected chi connectivity index (χ0v) is 18.8. The Hall–Kier alpha value is -1.06. The first-order chi connectivity index (χ1) is 12.3. The van der Waals surface area contributed by atoms with E-state index in [1.807, 2.05) is 24.3 Å². The van der Waals surface area contributed by atoms with Crippen molar-refractivity contribution in [1.82, 2.24) is 15.6 Å². The monoisotopic (exact) mass is 505 g/mol. The molecule has 0 saturated carbocycles. The molecule has 0 unspecified atom stereocenters. The molecule has 1 fully saturated rings. The Balaban J connectivity index is 0.00000243. The first-order valence-corrected chi connectivity index (χ1v) is 9.89. The fourth-order valence-electron chi connectivity index (χ4n) is 2.82. The van der Waals surface area contributed by atoms with Gasteiger partial charge in [-0.25, -0.2) is 4.98 Å². The molecule has 1 saturated heterocycles. The maximum Gasteiger partial charge on any atom is 0.191 e. The molecule has 1 aliphatic rings. The predicted molar refractivity (Wildman–Crippen MR) is 122 cm³/mol. The van der Waals surface area contributed by atoms with E-state index in [0.717, 1.165) is 53.4 Å². The van der Waals surface area contributed by atoms with E-state index in [0.29, 0.717) is 6.54 Å². The molecule has 0 amide bonds. The van der Waals surface area contributed by atoms with Crippen molar-refractivity contribution in [3.05, 3.63) is 45.9 Å². The smallest absolute Gasteiger partial charge is 0.191 e. The van der Waals surface area contributed by atoms with Crippen LogP contribution in [0.3, 0.4) is 0 Å². The number of nitrogens with one attached hydrogen (secondary N) is 2. The van der Waals surface area contributed by atoms with Gasteiger partial charge in [-0.05, 0) is 24.5 Å². The number of aromatic nitrogens is 1. The van der Waals surface area contributed by atoms with Crippen LogP contribution < -0.4 is 15.5 Å². The van der Waals surface area contributed by atoms with Gasteiger partial charge in [-0.1, -0.05) is 29.8 Å². The van der Waals surface area contributed by atoms with E-state index in [1.165, 1.54) is 12.8 Å². The lowest BCUT2D eigenvalue weighted by atomic mass is 10.2. The molecule has 2 heterocycles. The Labute approximate surface area is 181 Å². The number of hydrogen-bond acceptors (Lipinski definition) is 4. The van der Waals surface area contributed by atoms with Crippen LogP contribution in [0.15, 0.2) is 34.6 Å². The highest BCUT2D eigenvalue weighted by Gasteiger charge is 2.15. The van der Waals surface area contributed by atoms with Gasteiger partial charge in [0, 0.05) is 50.1 Å². The summed E-state index contributed by atoms with van der Waals surface area (Å²) < 4.78 is 0. The van der Waals surface area contributed by atoms with Gasteiger partial charge < -0.3 is 15.5 Å². The number of rotatable bonds is 6. The van der Waals surface area contributed by atoms with Crippen LogP contribution in [0.2, 0.25) is 5.02 Å². The quantitative estimate of drug-likeness (QED) is 0.355. The van der Waals surface area contributed by atoms with Crippen LogP contribution in [0.5, 0.6) is 0 Å². The van der Waals surface area contributed by atoms with Crippen LogP contribution in [0.4, 0.5) is 5.13 Å². The molecule has 0 radical (unpaired) electrons. The minimum Gasteiger partial charge on any atom is -0.356 e. The molecule has 26 heavy (non-hydrogen) atoms. The molecule has 0 bridgehead atoms. The van der Waals surface area contributed by atoms with Gasteiger partial charge in [-0.2, -0.15) is 0 Å². The van der Waals surface area contributed by atoms with Gasteiger partial charge in [0.15, 0.2) is 11.1 Å². The number of halogens is 2. The Morgan fingerprint density at radius 1 is 1.27 bits per heavy atom. The van der Waals surface area contributed by atoms with Gasteiger partial charge in [0.25, 0.3) is 0 Å². The molecule has 1 aliphatic heterocycles. The van der Waals surface area contributed by atoms with Crippen LogP contribution in [0, 0.1) is 0 Å². The summed E-state index contributed by atoms with van der Waals surface area (Å²) >= 11 is 7.93. The number of aliphatic imine (C=N–C) groups is 1. The van der Waals surface area contributed by atoms with Gasteiger partial charge in [0.2, 0.25) is 0 Å². The van der Waals surface area contributed by atoms with Crippen LogP contribution in [0.25, 0.3) is 0 Å². The third-order valence-electron chi connectivity index (χ3n) is 4.22. The normalized spacial score (nSPS) is 14.2. The summed E-state index contributed by atoms with van der Waals surface area (Å²) in [7, 11) is 1.77. The highest BCUT2D eigenvalue weighted by atomic mass is 127. The number of hydrogen-bond donors (Lipinski definition) is 2. The van der Waals surface area contributed by atoms with Crippen molar-refractivity contribution in [3.63, 3.8) is 0 Å². The van der Waals surface area contributed by atoms with E-state index in [4.69, 9.17) is 16.6 Å². The van der Waals surface area contributed by atoms with E-state index < -0.39 is 0 Å². The van der Waals surface area contributed by atoms with E-state index in [9.17, 15) is 0 Å². The lowest BCUT2D eigenvalue weighted by molar-refractivity contribution is 0.785. The number of nitrogens with zero attached hydrogens (tertiary/aromatic N) is 3. The Morgan fingerprint density at radius 2 is 2.04 bits per heavy atom. The third kappa shape index (κ3) is 5.99. The largest absolute Gasteiger partial charge is 0.356 e. The van der Waals surface area contributed by atoms with Gasteiger partial charge in [-0.15, -0.1) is 35.3 Å². The van der Waals surface area contributed by atoms with Gasteiger partial charge in [0.05, 0.1) is 5.69 Å².